The Morgan fingerprint density at radius 2 is 1.83 bits per heavy atom. The Balaban J connectivity index is 1.63. The lowest BCUT2D eigenvalue weighted by molar-refractivity contribution is 0.206. The molecular formula is C17H29N7. The van der Waals surface area contributed by atoms with Gasteiger partial charge in [0, 0.05) is 39.3 Å². The molecule has 0 aromatic carbocycles. The second kappa shape index (κ2) is 7.90. The topological polar surface area (TPSA) is 52.8 Å². The molecule has 7 nitrogen and oxygen atoms in total. The van der Waals surface area contributed by atoms with Crippen LogP contribution in [0.15, 0.2) is 12.4 Å². The van der Waals surface area contributed by atoms with Crippen LogP contribution in [0.4, 0.5) is 5.69 Å². The molecule has 0 aliphatic carbocycles. The van der Waals surface area contributed by atoms with Crippen molar-refractivity contribution in [1.82, 2.24) is 29.6 Å². The van der Waals surface area contributed by atoms with E-state index < -0.39 is 0 Å². The number of hydrogen-bond donors (Lipinski definition) is 0. The monoisotopic (exact) mass is 331 g/mol. The first-order chi connectivity index (χ1) is 11.7. The van der Waals surface area contributed by atoms with Crippen molar-refractivity contribution in [1.29, 1.82) is 0 Å². The standard InChI is InChI=1S/C17H29N7/c1-4-15-13-16(17-19-18-14-24(17)20-15)23-11-9-22(10-12-23)8-7-21(5-2)6-3/h13-14H,4-12H2,1-3H3. The number of likely N-dealkylation sites (N-methyl/N-ethyl adjacent to an activating group) is 1. The van der Waals surface area contributed by atoms with Gasteiger partial charge in [0.25, 0.3) is 0 Å². The van der Waals surface area contributed by atoms with E-state index in [0.717, 1.165) is 70.1 Å². The number of hydrogen-bond acceptors (Lipinski definition) is 6. The van der Waals surface area contributed by atoms with Crippen LogP contribution in [0.25, 0.3) is 5.65 Å². The zero-order valence-corrected chi connectivity index (χ0v) is 15.1. The van der Waals surface area contributed by atoms with Gasteiger partial charge in [-0.2, -0.15) is 9.61 Å². The first-order valence-corrected chi connectivity index (χ1v) is 9.14. The van der Waals surface area contributed by atoms with E-state index >= 15 is 0 Å². The largest absolute Gasteiger partial charge is 0.366 e. The van der Waals surface area contributed by atoms with Gasteiger partial charge in [0.2, 0.25) is 5.65 Å². The minimum atomic E-state index is 0.865. The number of rotatable bonds is 7. The van der Waals surface area contributed by atoms with E-state index in [4.69, 9.17) is 0 Å². The van der Waals surface area contributed by atoms with Crippen molar-refractivity contribution in [3.63, 3.8) is 0 Å². The van der Waals surface area contributed by atoms with Crippen molar-refractivity contribution < 1.29 is 0 Å². The minimum absolute atomic E-state index is 0.865. The summed E-state index contributed by atoms with van der Waals surface area (Å²) in [5.74, 6) is 0. The smallest absolute Gasteiger partial charge is 0.200 e. The molecule has 0 N–H and O–H groups in total. The Bertz CT molecular complexity index is 641. The third-order valence-electron chi connectivity index (χ3n) is 5.00. The SMILES string of the molecule is CCc1cc(N2CCN(CCN(CC)CC)CC2)c2nncn2n1. The third kappa shape index (κ3) is 3.67. The average molecular weight is 331 g/mol. The van der Waals surface area contributed by atoms with Gasteiger partial charge in [-0.1, -0.05) is 20.8 Å². The summed E-state index contributed by atoms with van der Waals surface area (Å²) in [6.07, 6.45) is 2.61. The van der Waals surface area contributed by atoms with Crippen LogP contribution in [0.3, 0.4) is 0 Å². The predicted octanol–water partition coefficient (Wildman–Crippen LogP) is 1.15. The number of fused-ring (bicyclic) bond motifs is 1. The summed E-state index contributed by atoms with van der Waals surface area (Å²) in [7, 11) is 0. The van der Waals surface area contributed by atoms with Crippen molar-refractivity contribution in [2.75, 3.05) is 57.3 Å². The molecule has 0 amide bonds. The van der Waals surface area contributed by atoms with Gasteiger partial charge >= 0.3 is 0 Å². The molecule has 0 atom stereocenters. The number of anilines is 1. The third-order valence-corrected chi connectivity index (χ3v) is 5.00. The first-order valence-electron chi connectivity index (χ1n) is 9.14. The summed E-state index contributed by atoms with van der Waals surface area (Å²) < 4.78 is 1.81. The Hall–Kier alpha value is -1.73. The molecule has 24 heavy (non-hydrogen) atoms. The lowest BCUT2D eigenvalue weighted by Gasteiger charge is -2.36. The molecule has 0 radical (unpaired) electrons. The van der Waals surface area contributed by atoms with Crippen LogP contribution in [0.5, 0.6) is 0 Å². The van der Waals surface area contributed by atoms with E-state index in [2.05, 4.69) is 56.8 Å². The van der Waals surface area contributed by atoms with E-state index in [9.17, 15) is 0 Å². The Kier molecular flexibility index (Phi) is 5.63. The quantitative estimate of drug-likeness (QED) is 0.759. The average Bonchev–Trinajstić information content (AvgIpc) is 3.11. The molecule has 1 fully saturated rings. The van der Waals surface area contributed by atoms with Crippen LogP contribution >= 0.6 is 0 Å². The summed E-state index contributed by atoms with van der Waals surface area (Å²) in [5.41, 5.74) is 3.12. The highest BCUT2D eigenvalue weighted by atomic mass is 15.4. The van der Waals surface area contributed by atoms with Gasteiger partial charge in [-0.05, 0) is 25.6 Å². The maximum atomic E-state index is 4.54. The van der Waals surface area contributed by atoms with E-state index in [1.54, 1.807) is 10.8 Å². The van der Waals surface area contributed by atoms with Crippen LogP contribution in [0, 0.1) is 0 Å². The Morgan fingerprint density at radius 3 is 2.50 bits per heavy atom. The fraction of sp³-hybridized carbons (Fsp3) is 0.706. The highest BCUT2D eigenvalue weighted by Crippen LogP contribution is 2.22. The number of aryl methyl sites for hydroxylation is 1. The predicted molar refractivity (Wildman–Crippen MR) is 96.6 cm³/mol. The van der Waals surface area contributed by atoms with Crippen LogP contribution in [-0.4, -0.2) is 82.0 Å². The lowest BCUT2D eigenvalue weighted by atomic mass is 10.2. The summed E-state index contributed by atoms with van der Waals surface area (Å²) >= 11 is 0. The Morgan fingerprint density at radius 1 is 1.08 bits per heavy atom. The summed E-state index contributed by atoms with van der Waals surface area (Å²) in [4.78, 5) is 7.49. The molecule has 0 bridgehead atoms. The number of piperazine rings is 1. The van der Waals surface area contributed by atoms with E-state index in [1.165, 1.54) is 5.69 Å². The molecule has 0 spiro atoms. The molecule has 1 saturated heterocycles. The zero-order valence-electron chi connectivity index (χ0n) is 15.1. The van der Waals surface area contributed by atoms with Gasteiger partial charge < -0.3 is 9.80 Å². The van der Waals surface area contributed by atoms with Gasteiger partial charge in [-0.15, -0.1) is 10.2 Å². The molecule has 0 saturated carbocycles. The minimum Gasteiger partial charge on any atom is -0.366 e. The van der Waals surface area contributed by atoms with Crippen LogP contribution < -0.4 is 4.90 Å². The molecule has 2 aromatic heterocycles. The van der Waals surface area contributed by atoms with Gasteiger partial charge in [-0.25, -0.2) is 0 Å². The molecule has 132 valence electrons. The van der Waals surface area contributed by atoms with Crippen LogP contribution in [0.2, 0.25) is 0 Å². The van der Waals surface area contributed by atoms with Crippen molar-refractivity contribution >= 4 is 11.3 Å². The second-order valence-corrected chi connectivity index (χ2v) is 6.33. The highest BCUT2D eigenvalue weighted by molar-refractivity contribution is 5.68. The first kappa shape index (κ1) is 17.1. The van der Waals surface area contributed by atoms with Gasteiger partial charge in [0.15, 0.2) is 0 Å². The molecule has 1 aliphatic rings. The van der Waals surface area contributed by atoms with Gasteiger partial charge in [0.1, 0.15) is 6.33 Å². The number of aromatic nitrogens is 4. The summed E-state index contributed by atoms with van der Waals surface area (Å²) in [5, 5.41) is 12.8. The van der Waals surface area contributed by atoms with Crippen LogP contribution in [-0.2, 0) is 6.42 Å². The maximum absolute atomic E-state index is 4.54. The van der Waals surface area contributed by atoms with Gasteiger partial charge in [0.05, 0.1) is 11.4 Å². The van der Waals surface area contributed by atoms with Crippen LogP contribution in [0.1, 0.15) is 26.5 Å². The van der Waals surface area contributed by atoms with Gasteiger partial charge in [-0.3, -0.25) is 4.90 Å². The fourth-order valence-electron chi connectivity index (χ4n) is 3.30. The molecular weight excluding hydrogens is 302 g/mol. The fourth-order valence-corrected chi connectivity index (χ4v) is 3.30. The van der Waals surface area contributed by atoms with Crippen molar-refractivity contribution in [2.24, 2.45) is 0 Å². The Labute approximate surface area is 144 Å². The summed E-state index contributed by atoms with van der Waals surface area (Å²) in [6.45, 7) is 15.5. The van der Waals surface area contributed by atoms with E-state index in [0.29, 0.717) is 0 Å². The van der Waals surface area contributed by atoms with E-state index in [1.807, 2.05) is 0 Å². The van der Waals surface area contributed by atoms with E-state index in [-0.39, 0.29) is 0 Å². The zero-order chi connectivity index (χ0) is 16.9. The van der Waals surface area contributed by atoms with Crippen molar-refractivity contribution in [3.05, 3.63) is 18.1 Å². The lowest BCUT2D eigenvalue weighted by Crippen LogP contribution is -2.48. The molecule has 3 rings (SSSR count). The van der Waals surface area contributed by atoms with Crippen molar-refractivity contribution in [3.8, 4) is 0 Å². The molecule has 7 heteroatoms. The molecule has 3 heterocycles. The second-order valence-electron chi connectivity index (χ2n) is 6.33. The normalized spacial score (nSPS) is 16.4. The maximum Gasteiger partial charge on any atom is 0.200 e. The molecule has 2 aromatic rings. The highest BCUT2D eigenvalue weighted by Gasteiger charge is 2.20. The number of nitrogens with zero attached hydrogens (tertiary/aromatic N) is 7. The summed E-state index contributed by atoms with van der Waals surface area (Å²) in [6, 6.07) is 2.18. The molecule has 0 unspecified atom stereocenters. The van der Waals surface area contributed by atoms with Crippen molar-refractivity contribution in [2.45, 2.75) is 27.2 Å². The molecule has 1 aliphatic heterocycles.